The summed E-state index contributed by atoms with van der Waals surface area (Å²) in [4.78, 5) is 0. The Hall–Kier alpha value is -1.98. The van der Waals surface area contributed by atoms with Crippen molar-refractivity contribution in [2.75, 3.05) is 6.61 Å². The molecule has 0 heterocycles. The zero-order valence-corrected chi connectivity index (χ0v) is 13.9. The molecule has 2 rings (SSSR count). The zero-order valence-electron chi connectivity index (χ0n) is 13.2. The van der Waals surface area contributed by atoms with Gasteiger partial charge < -0.3 is 4.74 Å². The van der Waals surface area contributed by atoms with Crippen LogP contribution in [0.2, 0.25) is 5.02 Å². The molecule has 0 saturated carbocycles. The molecule has 1 atom stereocenters. The van der Waals surface area contributed by atoms with Crippen molar-refractivity contribution >= 4 is 11.6 Å². The molecule has 0 spiro atoms. The van der Waals surface area contributed by atoms with Crippen LogP contribution in [-0.4, -0.2) is 6.61 Å². The molecule has 2 aromatic rings. The van der Waals surface area contributed by atoms with Crippen LogP contribution in [-0.2, 0) is 0 Å². The molecule has 22 heavy (non-hydrogen) atoms. The van der Waals surface area contributed by atoms with Crippen molar-refractivity contribution in [3.05, 3.63) is 63.7 Å². The van der Waals surface area contributed by atoms with E-state index in [-0.39, 0.29) is 5.92 Å². The summed E-state index contributed by atoms with van der Waals surface area (Å²) in [5.41, 5.74) is 4.70. The van der Waals surface area contributed by atoms with Gasteiger partial charge in [0.25, 0.3) is 0 Å². The highest BCUT2D eigenvalue weighted by Crippen LogP contribution is 2.28. The predicted molar refractivity (Wildman–Crippen MR) is 90.6 cm³/mol. The van der Waals surface area contributed by atoms with Crippen molar-refractivity contribution in [1.82, 2.24) is 0 Å². The van der Waals surface area contributed by atoms with E-state index in [1.54, 1.807) is 6.07 Å². The van der Waals surface area contributed by atoms with Crippen molar-refractivity contribution in [1.29, 1.82) is 5.26 Å². The van der Waals surface area contributed by atoms with E-state index in [0.29, 0.717) is 18.1 Å². The van der Waals surface area contributed by atoms with Crippen molar-refractivity contribution in [2.24, 2.45) is 0 Å². The molecule has 2 aromatic carbocycles. The number of aryl methyl sites for hydroxylation is 3. The average Bonchev–Trinajstić information content (AvgIpc) is 2.44. The maximum absolute atomic E-state index is 9.51. The third-order valence-corrected chi connectivity index (χ3v) is 3.95. The minimum Gasteiger partial charge on any atom is -0.493 e. The van der Waals surface area contributed by atoms with Gasteiger partial charge in [-0.05, 0) is 55.7 Å². The van der Waals surface area contributed by atoms with Crippen LogP contribution in [0, 0.1) is 32.1 Å². The average molecular weight is 314 g/mol. The third-order valence-electron chi connectivity index (χ3n) is 3.71. The lowest BCUT2D eigenvalue weighted by Gasteiger charge is -2.17. The van der Waals surface area contributed by atoms with Crippen LogP contribution < -0.4 is 4.74 Å². The number of nitrogens with zero attached hydrogens (tertiary/aromatic N) is 1. The molecule has 2 nitrogen and oxygen atoms in total. The number of halogens is 1. The van der Waals surface area contributed by atoms with Gasteiger partial charge in [-0.3, -0.25) is 0 Å². The number of ether oxygens (including phenoxy) is 1. The smallest absolute Gasteiger partial charge is 0.120 e. The largest absolute Gasteiger partial charge is 0.493 e. The Balaban J connectivity index is 2.06. The number of nitriles is 1. The van der Waals surface area contributed by atoms with E-state index in [1.165, 1.54) is 16.7 Å². The summed E-state index contributed by atoms with van der Waals surface area (Å²) in [6, 6.07) is 14.0. The van der Waals surface area contributed by atoms with Gasteiger partial charge >= 0.3 is 0 Å². The number of hydrogen-bond donors (Lipinski definition) is 0. The summed E-state index contributed by atoms with van der Waals surface area (Å²) in [5, 5.41) is 10.2. The first-order valence-corrected chi connectivity index (χ1v) is 7.75. The molecular weight excluding hydrogens is 294 g/mol. The van der Waals surface area contributed by atoms with Gasteiger partial charge in [-0.15, -0.1) is 0 Å². The van der Waals surface area contributed by atoms with Crippen LogP contribution in [0.25, 0.3) is 0 Å². The van der Waals surface area contributed by atoms with E-state index >= 15 is 0 Å². The van der Waals surface area contributed by atoms with Gasteiger partial charge in [-0.1, -0.05) is 35.4 Å². The SMILES string of the molecule is Cc1cc(C)c(C(C#N)CCOc2cccc(Cl)c2)c(C)c1. The summed E-state index contributed by atoms with van der Waals surface area (Å²) in [5.74, 6) is 0.585. The normalized spacial score (nSPS) is 11.8. The van der Waals surface area contributed by atoms with Gasteiger partial charge in [0, 0.05) is 11.4 Å². The Kier molecular flexibility index (Phi) is 5.46. The van der Waals surface area contributed by atoms with Crippen LogP contribution in [0.3, 0.4) is 0 Å². The van der Waals surface area contributed by atoms with Crippen LogP contribution >= 0.6 is 11.6 Å². The molecule has 0 aliphatic rings. The van der Waals surface area contributed by atoms with E-state index in [9.17, 15) is 5.26 Å². The number of hydrogen-bond acceptors (Lipinski definition) is 2. The van der Waals surface area contributed by atoms with Gasteiger partial charge in [0.05, 0.1) is 18.6 Å². The molecule has 0 N–H and O–H groups in total. The highest BCUT2D eigenvalue weighted by molar-refractivity contribution is 6.30. The third kappa shape index (κ3) is 4.02. The highest BCUT2D eigenvalue weighted by atomic mass is 35.5. The Morgan fingerprint density at radius 1 is 1.14 bits per heavy atom. The summed E-state index contributed by atoms with van der Waals surface area (Å²) in [6.45, 7) is 6.70. The lowest BCUT2D eigenvalue weighted by Crippen LogP contribution is -2.08. The predicted octanol–water partition coefficient (Wildman–Crippen LogP) is 5.34. The summed E-state index contributed by atoms with van der Waals surface area (Å²) < 4.78 is 5.71. The fraction of sp³-hybridized carbons (Fsp3) is 0.316. The molecule has 0 radical (unpaired) electrons. The minimum atomic E-state index is -0.153. The zero-order chi connectivity index (χ0) is 16.1. The van der Waals surface area contributed by atoms with Gasteiger partial charge in [0.2, 0.25) is 0 Å². The quantitative estimate of drug-likeness (QED) is 0.746. The number of benzene rings is 2. The van der Waals surface area contributed by atoms with Crippen molar-refractivity contribution in [2.45, 2.75) is 33.1 Å². The van der Waals surface area contributed by atoms with Crippen LogP contribution in [0.15, 0.2) is 36.4 Å². The molecule has 0 fully saturated rings. The first kappa shape index (κ1) is 16.4. The highest BCUT2D eigenvalue weighted by Gasteiger charge is 2.16. The molecule has 114 valence electrons. The van der Waals surface area contributed by atoms with Crippen molar-refractivity contribution in [3.8, 4) is 11.8 Å². The van der Waals surface area contributed by atoms with Gasteiger partial charge in [0.15, 0.2) is 0 Å². The lowest BCUT2D eigenvalue weighted by molar-refractivity contribution is 0.306. The molecule has 0 saturated heterocycles. The van der Waals surface area contributed by atoms with Gasteiger partial charge in [-0.2, -0.15) is 5.26 Å². The number of rotatable bonds is 5. The molecule has 0 aliphatic carbocycles. The molecule has 0 bridgehead atoms. The maximum atomic E-state index is 9.51. The fourth-order valence-electron chi connectivity index (χ4n) is 2.87. The molecule has 0 aliphatic heterocycles. The van der Waals surface area contributed by atoms with E-state index in [4.69, 9.17) is 16.3 Å². The second-order valence-corrected chi connectivity index (χ2v) is 6.03. The molecule has 0 aromatic heterocycles. The summed E-state index contributed by atoms with van der Waals surface area (Å²) >= 11 is 5.93. The standard InChI is InChI=1S/C19H20ClNO/c1-13-9-14(2)19(15(3)10-13)16(12-21)7-8-22-18-6-4-5-17(20)11-18/h4-6,9-11,16H,7-8H2,1-3H3. The molecular formula is C19H20ClNO. The van der Waals surface area contributed by atoms with Gasteiger partial charge in [0.1, 0.15) is 5.75 Å². The van der Waals surface area contributed by atoms with Crippen LogP contribution in [0.1, 0.15) is 34.6 Å². The van der Waals surface area contributed by atoms with Gasteiger partial charge in [-0.25, -0.2) is 0 Å². The topological polar surface area (TPSA) is 33.0 Å². The van der Waals surface area contributed by atoms with E-state index in [2.05, 4.69) is 39.0 Å². The molecule has 3 heteroatoms. The first-order chi connectivity index (χ1) is 10.5. The molecule has 0 amide bonds. The van der Waals surface area contributed by atoms with E-state index in [1.807, 2.05) is 18.2 Å². The maximum Gasteiger partial charge on any atom is 0.120 e. The second-order valence-electron chi connectivity index (χ2n) is 5.59. The summed E-state index contributed by atoms with van der Waals surface area (Å²) in [7, 11) is 0. The molecule has 1 unspecified atom stereocenters. The minimum absolute atomic E-state index is 0.153. The second kappa shape index (κ2) is 7.33. The van der Waals surface area contributed by atoms with Crippen LogP contribution in [0.5, 0.6) is 5.75 Å². The summed E-state index contributed by atoms with van der Waals surface area (Å²) in [6.07, 6.45) is 0.660. The van der Waals surface area contributed by atoms with E-state index in [0.717, 1.165) is 11.3 Å². The van der Waals surface area contributed by atoms with Crippen molar-refractivity contribution < 1.29 is 4.74 Å². The van der Waals surface area contributed by atoms with Crippen LogP contribution in [0.4, 0.5) is 0 Å². The van der Waals surface area contributed by atoms with Crippen molar-refractivity contribution in [3.63, 3.8) is 0 Å². The Morgan fingerprint density at radius 3 is 2.41 bits per heavy atom. The monoisotopic (exact) mass is 313 g/mol. The van der Waals surface area contributed by atoms with E-state index < -0.39 is 0 Å². The Labute approximate surface area is 137 Å². The lowest BCUT2D eigenvalue weighted by atomic mass is 9.88. The fourth-order valence-corrected chi connectivity index (χ4v) is 3.05. The first-order valence-electron chi connectivity index (χ1n) is 7.37. The Morgan fingerprint density at radius 2 is 1.82 bits per heavy atom. The Bertz CT molecular complexity index is 680.